The first kappa shape index (κ1) is 15.0. The number of halogens is 1. The van der Waals surface area contributed by atoms with Crippen molar-refractivity contribution in [2.45, 2.75) is 32.1 Å². The van der Waals surface area contributed by atoms with Gasteiger partial charge < -0.3 is 4.90 Å². The number of likely N-dealkylation sites (tertiary alicyclic amines) is 1. The second-order valence-corrected chi connectivity index (χ2v) is 6.03. The summed E-state index contributed by atoms with van der Waals surface area (Å²) >= 11 is 5.92. The number of carbonyl (C=O) groups is 2. The SMILES string of the molecule is O=C(CCC(=O)n1ncc2cc(Cl)ccc21)N1CCCCC1. The van der Waals surface area contributed by atoms with E-state index in [4.69, 9.17) is 11.6 Å². The van der Waals surface area contributed by atoms with Crippen LogP contribution in [0.3, 0.4) is 0 Å². The zero-order valence-corrected chi connectivity index (χ0v) is 13.1. The van der Waals surface area contributed by atoms with Crippen LogP contribution in [0.25, 0.3) is 10.9 Å². The molecule has 22 heavy (non-hydrogen) atoms. The molecule has 5 nitrogen and oxygen atoms in total. The second-order valence-electron chi connectivity index (χ2n) is 5.59. The molecule has 2 heterocycles. The van der Waals surface area contributed by atoms with E-state index >= 15 is 0 Å². The third-order valence-corrected chi connectivity index (χ3v) is 4.26. The first-order valence-electron chi connectivity index (χ1n) is 7.59. The minimum atomic E-state index is -0.164. The smallest absolute Gasteiger partial charge is 0.247 e. The standard InChI is InChI=1S/C16H18ClN3O2/c17-13-4-5-14-12(10-13)11-18-20(14)16(22)7-6-15(21)19-8-2-1-3-9-19/h4-5,10-11H,1-3,6-9H2. The van der Waals surface area contributed by atoms with Crippen molar-refractivity contribution in [3.8, 4) is 0 Å². The Morgan fingerprint density at radius 3 is 2.59 bits per heavy atom. The summed E-state index contributed by atoms with van der Waals surface area (Å²) in [6.07, 6.45) is 5.34. The summed E-state index contributed by atoms with van der Waals surface area (Å²) in [6, 6.07) is 5.27. The lowest BCUT2D eigenvalue weighted by molar-refractivity contribution is -0.132. The van der Waals surface area contributed by atoms with Gasteiger partial charge in [0.25, 0.3) is 0 Å². The summed E-state index contributed by atoms with van der Waals surface area (Å²) in [6.45, 7) is 1.63. The van der Waals surface area contributed by atoms with Crippen molar-refractivity contribution in [1.29, 1.82) is 0 Å². The number of hydrogen-bond donors (Lipinski definition) is 0. The molecule has 6 heteroatoms. The van der Waals surface area contributed by atoms with E-state index in [1.165, 1.54) is 11.1 Å². The molecule has 0 unspecified atom stereocenters. The van der Waals surface area contributed by atoms with E-state index in [2.05, 4.69) is 5.10 Å². The summed E-state index contributed by atoms with van der Waals surface area (Å²) in [5.41, 5.74) is 0.722. The highest BCUT2D eigenvalue weighted by molar-refractivity contribution is 6.31. The molecule has 0 bridgehead atoms. The normalized spacial score (nSPS) is 15.2. The molecule has 0 atom stereocenters. The van der Waals surface area contributed by atoms with Crippen LogP contribution < -0.4 is 0 Å². The van der Waals surface area contributed by atoms with Gasteiger partial charge in [0.15, 0.2) is 0 Å². The molecule has 0 aliphatic carbocycles. The quantitative estimate of drug-likeness (QED) is 0.873. The average molecular weight is 320 g/mol. The van der Waals surface area contributed by atoms with Crippen LogP contribution in [0.1, 0.15) is 36.9 Å². The number of carbonyl (C=O) groups excluding carboxylic acids is 2. The topological polar surface area (TPSA) is 55.2 Å². The van der Waals surface area contributed by atoms with Crippen molar-refractivity contribution in [3.05, 3.63) is 29.4 Å². The van der Waals surface area contributed by atoms with Gasteiger partial charge >= 0.3 is 0 Å². The molecular weight excluding hydrogens is 302 g/mol. The monoisotopic (exact) mass is 319 g/mol. The largest absolute Gasteiger partial charge is 0.343 e. The van der Waals surface area contributed by atoms with Gasteiger partial charge in [-0.2, -0.15) is 5.10 Å². The summed E-state index contributed by atoms with van der Waals surface area (Å²) in [5, 5.41) is 5.54. The van der Waals surface area contributed by atoms with Crippen molar-refractivity contribution < 1.29 is 9.59 Å². The molecule has 116 valence electrons. The van der Waals surface area contributed by atoms with E-state index in [9.17, 15) is 9.59 Å². The molecule has 1 fully saturated rings. The highest BCUT2D eigenvalue weighted by Gasteiger charge is 2.18. The van der Waals surface area contributed by atoms with Gasteiger partial charge in [0, 0.05) is 36.3 Å². The lowest BCUT2D eigenvalue weighted by Gasteiger charge is -2.26. The van der Waals surface area contributed by atoms with Gasteiger partial charge in [0.2, 0.25) is 11.8 Å². The molecule has 3 rings (SSSR count). The van der Waals surface area contributed by atoms with Crippen LogP contribution in [0.5, 0.6) is 0 Å². The minimum Gasteiger partial charge on any atom is -0.343 e. The van der Waals surface area contributed by atoms with Gasteiger partial charge in [0.1, 0.15) is 0 Å². The maximum atomic E-state index is 12.3. The molecular formula is C16H18ClN3O2. The van der Waals surface area contributed by atoms with Crippen molar-refractivity contribution in [2.75, 3.05) is 13.1 Å². The first-order valence-corrected chi connectivity index (χ1v) is 7.97. The number of aromatic nitrogens is 2. The maximum Gasteiger partial charge on any atom is 0.247 e. The highest BCUT2D eigenvalue weighted by Crippen LogP contribution is 2.19. The van der Waals surface area contributed by atoms with Crippen LogP contribution in [0.4, 0.5) is 0 Å². The third-order valence-electron chi connectivity index (χ3n) is 4.03. The lowest BCUT2D eigenvalue weighted by atomic mass is 10.1. The maximum absolute atomic E-state index is 12.3. The van der Waals surface area contributed by atoms with Crippen LogP contribution in [0.15, 0.2) is 24.4 Å². The molecule has 0 saturated carbocycles. The van der Waals surface area contributed by atoms with Crippen LogP contribution >= 0.6 is 11.6 Å². The molecule has 1 aromatic carbocycles. The molecule has 0 radical (unpaired) electrons. The van der Waals surface area contributed by atoms with Crippen LogP contribution in [-0.2, 0) is 4.79 Å². The van der Waals surface area contributed by atoms with E-state index in [0.717, 1.165) is 36.8 Å². The molecule has 2 aromatic rings. The molecule has 1 amide bonds. The Morgan fingerprint density at radius 2 is 1.82 bits per heavy atom. The molecule has 1 aromatic heterocycles. The average Bonchev–Trinajstić information content (AvgIpc) is 2.96. The van der Waals surface area contributed by atoms with Crippen molar-refractivity contribution in [2.24, 2.45) is 0 Å². The van der Waals surface area contributed by atoms with Crippen molar-refractivity contribution in [3.63, 3.8) is 0 Å². The zero-order valence-electron chi connectivity index (χ0n) is 12.3. The Hall–Kier alpha value is -1.88. The number of fused-ring (bicyclic) bond motifs is 1. The number of piperidine rings is 1. The fraction of sp³-hybridized carbons (Fsp3) is 0.438. The summed E-state index contributed by atoms with van der Waals surface area (Å²) in [7, 11) is 0. The minimum absolute atomic E-state index is 0.0626. The predicted molar refractivity (Wildman–Crippen MR) is 85.0 cm³/mol. The van der Waals surface area contributed by atoms with E-state index in [1.54, 1.807) is 24.4 Å². The Kier molecular flexibility index (Phi) is 4.43. The van der Waals surface area contributed by atoms with Gasteiger partial charge in [-0.3, -0.25) is 9.59 Å². The fourth-order valence-corrected chi connectivity index (χ4v) is 3.00. The van der Waals surface area contributed by atoms with E-state index in [0.29, 0.717) is 5.02 Å². The number of amides is 1. The van der Waals surface area contributed by atoms with E-state index in [1.807, 2.05) is 4.90 Å². The Labute approximate surface area is 133 Å². The summed E-state index contributed by atoms with van der Waals surface area (Å²) in [4.78, 5) is 26.3. The van der Waals surface area contributed by atoms with Crippen molar-refractivity contribution >= 4 is 34.3 Å². The zero-order chi connectivity index (χ0) is 15.5. The van der Waals surface area contributed by atoms with Gasteiger partial charge in [0.05, 0.1) is 11.7 Å². The highest BCUT2D eigenvalue weighted by atomic mass is 35.5. The molecule has 1 aliphatic rings. The Morgan fingerprint density at radius 1 is 1.09 bits per heavy atom. The van der Waals surface area contributed by atoms with E-state index < -0.39 is 0 Å². The molecule has 0 spiro atoms. The van der Waals surface area contributed by atoms with E-state index in [-0.39, 0.29) is 24.7 Å². The Balaban J connectivity index is 1.64. The van der Waals surface area contributed by atoms with Crippen LogP contribution in [0.2, 0.25) is 5.02 Å². The van der Waals surface area contributed by atoms with Gasteiger partial charge in [-0.05, 0) is 37.5 Å². The molecule has 1 saturated heterocycles. The van der Waals surface area contributed by atoms with Gasteiger partial charge in [-0.15, -0.1) is 0 Å². The van der Waals surface area contributed by atoms with Crippen LogP contribution in [-0.4, -0.2) is 39.6 Å². The van der Waals surface area contributed by atoms with Gasteiger partial charge in [-0.1, -0.05) is 11.6 Å². The summed E-state index contributed by atoms with van der Waals surface area (Å²) < 4.78 is 1.36. The molecule has 1 aliphatic heterocycles. The lowest BCUT2D eigenvalue weighted by Crippen LogP contribution is -2.35. The molecule has 0 N–H and O–H groups in total. The number of nitrogens with zero attached hydrogens (tertiary/aromatic N) is 3. The fourth-order valence-electron chi connectivity index (χ4n) is 2.82. The number of benzene rings is 1. The predicted octanol–water partition coefficient (Wildman–Crippen LogP) is 3.12. The second kappa shape index (κ2) is 6.48. The summed E-state index contributed by atoms with van der Waals surface area (Å²) in [5.74, 6) is -0.102. The van der Waals surface area contributed by atoms with Gasteiger partial charge in [-0.25, -0.2) is 4.68 Å². The van der Waals surface area contributed by atoms with Crippen molar-refractivity contribution in [1.82, 2.24) is 14.7 Å². The Bertz CT molecular complexity index is 704. The van der Waals surface area contributed by atoms with Crippen LogP contribution in [0, 0.1) is 0 Å². The number of hydrogen-bond acceptors (Lipinski definition) is 3. The third kappa shape index (κ3) is 3.14. The number of rotatable bonds is 3. The first-order chi connectivity index (χ1) is 10.6.